The van der Waals surface area contributed by atoms with Gasteiger partial charge in [0.05, 0.1) is 0 Å². The van der Waals surface area contributed by atoms with E-state index >= 15 is 0 Å². The van der Waals surface area contributed by atoms with Crippen molar-refractivity contribution in [1.82, 2.24) is 0 Å². The minimum Gasteiger partial charge on any atom is -0.330 e. The van der Waals surface area contributed by atoms with Crippen LogP contribution in [0.2, 0.25) is 0 Å². The number of carbonyl (C=O) groups excluding carboxylic acids is 1. The van der Waals surface area contributed by atoms with Gasteiger partial charge in [0.25, 0.3) is 0 Å². The second-order valence-corrected chi connectivity index (χ2v) is 6.41. The highest BCUT2D eigenvalue weighted by atomic mass is 16.1. The van der Waals surface area contributed by atoms with Gasteiger partial charge in [0.15, 0.2) is 0 Å². The van der Waals surface area contributed by atoms with Crippen LogP contribution in [0.4, 0.5) is 0 Å². The summed E-state index contributed by atoms with van der Waals surface area (Å²) in [5.41, 5.74) is 5.48. The van der Waals surface area contributed by atoms with Crippen molar-refractivity contribution in [2.75, 3.05) is 6.54 Å². The lowest BCUT2D eigenvalue weighted by atomic mass is 9.94. The highest BCUT2D eigenvalue weighted by Crippen LogP contribution is 2.15. The van der Waals surface area contributed by atoms with Crippen LogP contribution in [-0.4, -0.2) is 12.3 Å². The average molecular weight is 298 g/mol. The molecule has 0 aromatic rings. The van der Waals surface area contributed by atoms with Crippen molar-refractivity contribution in [3.63, 3.8) is 0 Å². The van der Waals surface area contributed by atoms with Crippen molar-refractivity contribution in [1.29, 1.82) is 0 Å². The first-order valence-electron chi connectivity index (χ1n) is 9.49. The Morgan fingerprint density at radius 3 is 1.48 bits per heavy atom. The molecule has 0 aliphatic carbocycles. The van der Waals surface area contributed by atoms with Gasteiger partial charge in [-0.25, -0.2) is 0 Å². The second-order valence-electron chi connectivity index (χ2n) is 6.41. The molecule has 0 aromatic heterocycles. The van der Waals surface area contributed by atoms with E-state index in [0.717, 1.165) is 32.2 Å². The zero-order chi connectivity index (χ0) is 15.8. The zero-order valence-corrected chi connectivity index (χ0v) is 14.7. The molecule has 21 heavy (non-hydrogen) atoms. The van der Waals surface area contributed by atoms with Gasteiger partial charge in [-0.1, -0.05) is 71.6 Å². The van der Waals surface area contributed by atoms with Crippen LogP contribution in [0.25, 0.3) is 0 Å². The summed E-state index contributed by atoms with van der Waals surface area (Å²) in [6.07, 6.45) is 17.2. The molecule has 0 aliphatic heterocycles. The van der Waals surface area contributed by atoms with E-state index in [1.807, 2.05) is 0 Å². The largest absolute Gasteiger partial charge is 0.330 e. The molecule has 0 heterocycles. The molecule has 0 amide bonds. The fourth-order valence-corrected chi connectivity index (χ4v) is 2.98. The summed E-state index contributed by atoms with van der Waals surface area (Å²) < 4.78 is 0. The maximum absolute atomic E-state index is 11.9. The third-order valence-electron chi connectivity index (χ3n) is 4.57. The fourth-order valence-electron chi connectivity index (χ4n) is 2.98. The zero-order valence-electron chi connectivity index (χ0n) is 14.7. The molecule has 0 rings (SSSR count). The highest BCUT2D eigenvalue weighted by Gasteiger charge is 2.12. The number of hydrogen-bond acceptors (Lipinski definition) is 2. The summed E-state index contributed by atoms with van der Waals surface area (Å²) in [4.78, 5) is 11.9. The lowest BCUT2D eigenvalue weighted by Crippen LogP contribution is -2.12. The molecular formula is C19H39NO. The topological polar surface area (TPSA) is 43.1 Å². The first kappa shape index (κ1) is 20.6. The Morgan fingerprint density at radius 1 is 0.714 bits per heavy atom. The third kappa shape index (κ3) is 13.0. The molecule has 0 saturated carbocycles. The van der Waals surface area contributed by atoms with Crippen LogP contribution in [0.3, 0.4) is 0 Å². The van der Waals surface area contributed by atoms with E-state index in [2.05, 4.69) is 13.8 Å². The van der Waals surface area contributed by atoms with Gasteiger partial charge in [-0.2, -0.15) is 0 Å². The molecule has 0 saturated heterocycles. The molecule has 0 fully saturated rings. The van der Waals surface area contributed by atoms with Crippen molar-refractivity contribution in [3.8, 4) is 0 Å². The predicted octanol–water partition coefficient (Wildman–Crippen LogP) is 5.63. The smallest absolute Gasteiger partial charge is 0.135 e. The third-order valence-corrected chi connectivity index (χ3v) is 4.57. The number of rotatable bonds is 16. The van der Waals surface area contributed by atoms with E-state index in [1.165, 1.54) is 64.2 Å². The Balaban J connectivity index is 3.20. The van der Waals surface area contributed by atoms with Gasteiger partial charge in [-0.05, 0) is 32.2 Å². The van der Waals surface area contributed by atoms with E-state index in [1.54, 1.807) is 0 Å². The van der Waals surface area contributed by atoms with Crippen LogP contribution < -0.4 is 5.73 Å². The maximum Gasteiger partial charge on any atom is 0.135 e. The molecule has 126 valence electrons. The van der Waals surface area contributed by atoms with Crippen molar-refractivity contribution < 1.29 is 4.79 Å². The van der Waals surface area contributed by atoms with Crippen LogP contribution in [0.15, 0.2) is 0 Å². The predicted molar refractivity (Wildman–Crippen MR) is 93.5 cm³/mol. The fraction of sp³-hybridized carbons (Fsp3) is 0.947. The van der Waals surface area contributed by atoms with Crippen LogP contribution >= 0.6 is 0 Å². The van der Waals surface area contributed by atoms with E-state index < -0.39 is 0 Å². The molecule has 0 unspecified atom stereocenters. The van der Waals surface area contributed by atoms with Crippen molar-refractivity contribution in [3.05, 3.63) is 0 Å². The number of Topliss-reactive ketones (excluding diaryl/α,β-unsaturated/α-hetero) is 1. The van der Waals surface area contributed by atoms with Crippen molar-refractivity contribution in [2.24, 2.45) is 11.7 Å². The minimum atomic E-state index is 0.323. The van der Waals surface area contributed by atoms with E-state index in [-0.39, 0.29) is 0 Å². The monoisotopic (exact) mass is 297 g/mol. The van der Waals surface area contributed by atoms with Gasteiger partial charge >= 0.3 is 0 Å². The van der Waals surface area contributed by atoms with Gasteiger partial charge in [0.1, 0.15) is 5.78 Å². The van der Waals surface area contributed by atoms with Gasteiger partial charge in [0.2, 0.25) is 0 Å². The quantitative estimate of drug-likeness (QED) is 0.375. The van der Waals surface area contributed by atoms with E-state index in [4.69, 9.17) is 5.73 Å². The minimum absolute atomic E-state index is 0.323. The first-order valence-corrected chi connectivity index (χ1v) is 9.49. The SMILES string of the molecule is CCC(CC)C(=O)CCCCCCCCCCCCCN. The number of carbonyl (C=O) groups is 1. The maximum atomic E-state index is 11.9. The van der Waals surface area contributed by atoms with E-state index in [0.29, 0.717) is 11.7 Å². The number of ketones is 1. The summed E-state index contributed by atoms with van der Waals surface area (Å²) >= 11 is 0. The van der Waals surface area contributed by atoms with Crippen molar-refractivity contribution in [2.45, 2.75) is 104 Å². The Morgan fingerprint density at radius 2 is 1.10 bits per heavy atom. The summed E-state index contributed by atoms with van der Waals surface area (Å²) in [5.74, 6) is 0.821. The standard InChI is InChI=1S/C19H39NO/c1-3-18(4-2)19(21)16-14-12-10-8-6-5-7-9-11-13-15-17-20/h18H,3-17,20H2,1-2H3. The molecule has 2 N–H and O–H groups in total. The summed E-state index contributed by atoms with van der Waals surface area (Å²) in [5, 5.41) is 0. The Bertz CT molecular complexity index is 224. The number of nitrogens with two attached hydrogens (primary N) is 1. The second kappa shape index (κ2) is 16.0. The molecule has 0 spiro atoms. The highest BCUT2D eigenvalue weighted by molar-refractivity contribution is 5.80. The first-order chi connectivity index (χ1) is 10.3. The summed E-state index contributed by atoms with van der Waals surface area (Å²) in [6.45, 7) is 5.10. The van der Waals surface area contributed by atoms with Crippen LogP contribution in [-0.2, 0) is 4.79 Å². The number of hydrogen-bond donors (Lipinski definition) is 1. The van der Waals surface area contributed by atoms with Gasteiger partial charge in [-0.15, -0.1) is 0 Å². The van der Waals surface area contributed by atoms with Gasteiger partial charge in [0, 0.05) is 12.3 Å². The van der Waals surface area contributed by atoms with E-state index in [9.17, 15) is 4.79 Å². The molecule has 0 atom stereocenters. The van der Waals surface area contributed by atoms with Crippen LogP contribution in [0.5, 0.6) is 0 Å². The molecule has 2 heteroatoms. The Kier molecular flexibility index (Phi) is 15.7. The van der Waals surface area contributed by atoms with Crippen LogP contribution in [0, 0.1) is 5.92 Å². The Hall–Kier alpha value is -0.370. The van der Waals surface area contributed by atoms with Gasteiger partial charge in [-0.3, -0.25) is 4.79 Å². The van der Waals surface area contributed by atoms with Crippen LogP contribution in [0.1, 0.15) is 104 Å². The lowest BCUT2D eigenvalue weighted by molar-refractivity contribution is -0.123. The molecule has 0 radical (unpaired) electrons. The Labute approximate surface area is 133 Å². The summed E-state index contributed by atoms with van der Waals surface area (Å²) in [7, 11) is 0. The van der Waals surface area contributed by atoms with Crippen molar-refractivity contribution >= 4 is 5.78 Å². The number of unbranched alkanes of at least 4 members (excludes halogenated alkanes) is 10. The summed E-state index contributed by atoms with van der Waals surface area (Å²) in [6, 6.07) is 0. The normalized spacial score (nSPS) is 11.2. The molecule has 0 aromatic carbocycles. The molecule has 0 bridgehead atoms. The molecule has 2 nitrogen and oxygen atoms in total. The average Bonchev–Trinajstić information content (AvgIpc) is 2.49. The van der Waals surface area contributed by atoms with Gasteiger partial charge < -0.3 is 5.73 Å². The molecule has 0 aliphatic rings. The molecular weight excluding hydrogens is 258 g/mol. The lowest BCUT2D eigenvalue weighted by Gasteiger charge is -2.10.